The van der Waals surface area contributed by atoms with Crippen molar-refractivity contribution < 1.29 is 4.79 Å². The minimum absolute atomic E-state index is 0.0270. The first-order chi connectivity index (χ1) is 18.1. The van der Waals surface area contributed by atoms with E-state index in [1.807, 2.05) is 18.2 Å². The summed E-state index contributed by atoms with van der Waals surface area (Å²) in [6, 6.07) is 23.1. The number of hydrogen-bond acceptors (Lipinski definition) is 4. The molecule has 0 spiro atoms. The van der Waals surface area contributed by atoms with E-state index in [0.717, 1.165) is 55.2 Å². The maximum atomic E-state index is 13.0. The first-order valence-electron chi connectivity index (χ1n) is 13.6. The highest BCUT2D eigenvalue weighted by molar-refractivity contribution is 7.99. The van der Waals surface area contributed by atoms with Crippen LogP contribution in [0, 0.1) is 6.92 Å². The molecule has 3 aromatic carbocycles. The van der Waals surface area contributed by atoms with Crippen molar-refractivity contribution in [1.82, 2.24) is 10.2 Å². The van der Waals surface area contributed by atoms with E-state index in [1.54, 1.807) is 11.8 Å². The van der Waals surface area contributed by atoms with E-state index in [-0.39, 0.29) is 5.91 Å². The Morgan fingerprint density at radius 3 is 2.49 bits per heavy atom. The van der Waals surface area contributed by atoms with Gasteiger partial charge < -0.3 is 5.32 Å². The Labute approximate surface area is 226 Å². The molecular formula is C32H39N3OS. The lowest BCUT2D eigenvalue weighted by Gasteiger charge is -2.22. The van der Waals surface area contributed by atoms with Gasteiger partial charge in [0.25, 0.3) is 5.91 Å². The summed E-state index contributed by atoms with van der Waals surface area (Å²) in [6.07, 6.45) is 5.26. The van der Waals surface area contributed by atoms with Crippen LogP contribution < -0.4 is 5.32 Å². The zero-order valence-electron chi connectivity index (χ0n) is 22.4. The van der Waals surface area contributed by atoms with Crippen molar-refractivity contribution in [1.29, 1.82) is 0 Å². The van der Waals surface area contributed by atoms with Gasteiger partial charge in [0.1, 0.15) is 0 Å². The molecule has 0 unspecified atom stereocenters. The molecule has 0 saturated carbocycles. The topological polar surface area (TPSA) is 44.7 Å². The first kappa shape index (κ1) is 27.2. The van der Waals surface area contributed by atoms with Gasteiger partial charge in [0.15, 0.2) is 0 Å². The zero-order chi connectivity index (χ0) is 26.0. The summed E-state index contributed by atoms with van der Waals surface area (Å²) in [7, 11) is 0. The molecule has 194 valence electrons. The van der Waals surface area contributed by atoms with Crippen molar-refractivity contribution in [3.63, 3.8) is 0 Å². The molecule has 1 amide bonds. The van der Waals surface area contributed by atoms with E-state index in [2.05, 4.69) is 79.5 Å². The van der Waals surface area contributed by atoms with Crippen molar-refractivity contribution in [2.24, 2.45) is 4.99 Å². The number of aliphatic imine (C=N–C) groups is 1. The molecule has 0 aliphatic carbocycles. The largest absolute Gasteiger partial charge is 0.352 e. The second-order valence-corrected chi connectivity index (χ2v) is 10.9. The highest BCUT2D eigenvalue weighted by atomic mass is 32.2. The van der Waals surface area contributed by atoms with Crippen LogP contribution in [0.1, 0.15) is 73.0 Å². The molecule has 1 heterocycles. The molecule has 0 bridgehead atoms. The van der Waals surface area contributed by atoms with Crippen LogP contribution in [0.25, 0.3) is 0 Å². The molecular weight excluding hydrogens is 474 g/mol. The predicted molar refractivity (Wildman–Crippen MR) is 156 cm³/mol. The molecule has 0 saturated heterocycles. The Bertz CT molecular complexity index is 1220. The van der Waals surface area contributed by atoms with Crippen LogP contribution in [0.5, 0.6) is 0 Å². The van der Waals surface area contributed by atoms with Gasteiger partial charge in [-0.3, -0.25) is 14.7 Å². The number of carbonyl (C=O) groups is 1. The van der Waals surface area contributed by atoms with Gasteiger partial charge in [0.05, 0.1) is 5.69 Å². The summed E-state index contributed by atoms with van der Waals surface area (Å²) in [5, 5.41) is 3.14. The van der Waals surface area contributed by atoms with Crippen molar-refractivity contribution in [3.8, 4) is 0 Å². The molecule has 0 fully saturated rings. The molecule has 0 atom stereocenters. The number of nitrogens with zero attached hydrogens (tertiary/aromatic N) is 2. The van der Waals surface area contributed by atoms with Gasteiger partial charge in [0.2, 0.25) is 0 Å². The summed E-state index contributed by atoms with van der Waals surface area (Å²) < 4.78 is 0. The number of fused-ring (bicyclic) bond motifs is 2. The summed E-state index contributed by atoms with van der Waals surface area (Å²) in [5.74, 6) is -0.0270. The van der Waals surface area contributed by atoms with Crippen LogP contribution >= 0.6 is 11.8 Å². The average molecular weight is 514 g/mol. The minimum Gasteiger partial charge on any atom is -0.352 e. The Hall–Kier alpha value is -2.89. The normalized spacial score (nSPS) is 12.5. The van der Waals surface area contributed by atoms with E-state index < -0.39 is 0 Å². The fraction of sp³-hybridized carbons (Fsp3) is 0.375. The van der Waals surface area contributed by atoms with E-state index in [1.165, 1.54) is 34.4 Å². The van der Waals surface area contributed by atoms with Gasteiger partial charge in [-0.2, -0.15) is 0 Å². The van der Waals surface area contributed by atoms with Crippen molar-refractivity contribution in [2.45, 2.75) is 69.2 Å². The maximum absolute atomic E-state index is 13.0. The van der Waals surface area contributed by atoms with Crippen LogP contribution in [0.15, 0.2) is 81.5 Å². The van der Waals surface area contributed by atoms with E-state index in [9.17, 15) is 4.79 Å². The SMILES string of the molecule is CCCCN(CCCNC(=O)c1ccc2c(c1)N=C(CCC)c1cc(C)ccc1S2)Cc1ccccc1. The molecule has 4 nitrogen and oxygen atoms in total. The molecule has 5 heteroatoms. The third-order valence-electron chi connectivity index (χ3n) is 6.64. The van der Waals surface area contributed by atoms with Crippen LogP contribution in [-0.2, 0) is 6.54 Å². The van der Waals surface area contributed by atoms with E-state index in [0.29, 0.717) is 12.1 Å². The standard InChI is InChI=1S/C32H39N3OS/c1-4-6-19-35(23-25-12-8-7-9-13-25)20-10-18-33-32(36)26-15-17-31-29(22-26)34-28(11-5-2)27-21-24(3)14-16-30(27)37-31/h7-9,12-17,21-22H,4-6,10-11,18-20,23H2,1-3H3,(H,33,36). The highest BCUT2D eigenvalue weighted by Crippen LogP contribution is 2.41. The predicted octanol–water partition coefficient (Wildman–Crippen LogP) is 7.80. The van der Waals surface area contributed by atoms with Crippen LogP contribution in [0.4, 0.5) is 5.69 Å². The van der Waals surface area contributed by atoms with Crippen LogP contribution in [-0.4, -0.2) is 36.2 Å². The monoisotopic (exact) mass is 513 g/mol. The van der Waals surface area contributed by atoms with E-state index >= 15 is 0 Å². The summed E-state index contributed by atoms with van der Waals surface area (Å²) in [4.78, 5) is 22.9. The summed E-state index contributed by atoms with van der Waals surface area (Å²) in [5.41, 5.74) is 6.47. The number of unbranched alkanes of at least 4 members (excludes halogenated alkanes) is 1. The van der Waals surface area contributed by atoms with Gasteiger partial charge in [-0.15, -0.1) is 0 Å². The second-order valence-electron chi connectivity index (χ2n) is 9.82. The third-order valence-corrected chi connectivity index (χ3v) is 7.78. The van der Waals surface area contributed by atoms with Crippen LogP contribution in [0.3, 0.4) is 0 Å². The lowest BCUT2D eigenvalue weighted by Crippen LogP contribution is -2.30. The molecule has 0 radical (unpaired) electrons. The summed E-state index contributed by atoms with van der Waals surface area (Å²) in [6.45, 7) is 10.2. The van der Waals surface area contributed by atoms with Crippen molar-refractivity contribution in [2.75, 3.05) is 19.6 Å². The number of aryl methyl sites for hydroxylation is 1. The van der Waals surface area contributed by atoms with Gasteiger partial charge in [-0.1, -0.05) is 80.4 Å². The van der Waals surface area contributed by atoms with Crippen molar-refractivity contribution in [3.05, 3.63) is 89.0 Å². The number of carbonyl (C=O) groups excluding carboxylic acids is 1. The van der Waals surface area contributed by atoms with Gasteiger partial charge >= 0.3 is 0 Å². The fourth-order valence-electron chi connectivity index (χ4n) is 4.64. The average Bonchev–Trinajstić information content (AvgIpc) is 3.06. The number of hydrogen-bond donors (Lipinski definition) is 1. The molecule has 1 N–H and O–H groups in total. The molecule has 0 aromatic heterocycles. The highest BCUT2D eigenvalue weighted by Gasteiger charge is 2.19. The Kier molecular flexibility index (Phi) is 9.98. The Morgan fingerprint density at radius 2 is 1.70 bits per heavy atom. The summed E-state index contributed by atoms with van der Waals surface area (Å²) >= 11 is 1.74. The van der Waals surface area contributed by atoms with Gasteiger partial charge in [0, 0.05) is 46.3 Å². The fourth-order valence-corrected chi connectivity index (χ4v) is 5.65. The minimum atomic E-state index is -0.0270. The zero-order valence-corrected chi connectivity index (χ0v) is 23.2. The molecule has 1 aliphatic rings. The Morgan fingerprint density at radius 1 is 0.919 bits per heavy atom. The molecule has 4 rings (SSSR count). The number of amides is 1. The maximum Gasteiger partial charge on any atom is 0.251 e. The van der Waals surface area contributed by atoms with Crippen molar-refractivity contribution >= 4 is 29.1 Å². The molecule has 3 aromatic rings. The quantitative estimate of drug-likeness (QED) is 0.251. The van der Waals surface area contributed by atoms with Gasteiger partial charge in [-0.05, 0) is 68.6 Å². The smallest absolute Gasteiger partial charge is 0.251 e. The Balaban J connectivity index is 1.38. The molecule has 37 heavy (non-hydrogen) atoms. The first-order valence-corrected chi connectivity index (χ1v) is 14.4. The van der Waals surface area contributed by atoms with Crippen LogP contribution in [0.2, 0.25) is 0 Å². The number of rotatable bonds is 12. The van der Waals surface area contributed by atoms with Gasteiger partial charge in [-0.25, -0.2) is 0 Å². The number of benzene rings is 3. The lowest BCUT2D eigenvalue weighted by atomic mass is 10.0. The third kappa shape index (κ3) is 7.56. The van der Waals surface area contributed by atoms with E-state index in [4.69, 9.17) is 4.99 Å². The molecule has 1 aliphatic heterocycles. The number of nitrogens with one attached hydrogen (secondary N) is 1. The second kappa shape index (κ2) is 13.6. The lowest BCUT2D eigenvalue weighted by molar-refractivity contribution is 0.0951.